The first kappa shape index (κ1) is 21.6. The van der Waals surface area contributed by atoms with Gasteiger partial charge in [0.1, 0.15) is 15.8 Å². The van der Waals surface area contributed by atoms with Crippen LogP contribution in [0.15, 0.2) is 36.4 Å². The van der Waals surface area contributed by atoms with Crippen LogP contribution in [-0.4, -0.2) is 15.9 Å². The van der Waals surface area contributed by atoms with Crippen LogP contribution in [0.1, 0.15) is 32.9 Å². The van der Waals surface area contributed by atoms with Gasteiger partial charge in [0.05, 0.1) is 21.2 Å². The van der Waals surface area contributed by atoms with E-state index in [9.17, 15) is 23.1 Å². The molecule has 0 aliphatic heterocycles. The fourth-order valence-electron chi connectivity index (χ4n) is 2.71. The minimum Gasteiger partial charge on any atom is -0.506 e. The van der Waals surface area contributed by atoms with Gasteiger partial charge in [-0.15, -0.1) is 11.3 Å². The number of halogens is 5. The van der Waals surface area contributed by atoms with E-state index in [1.807, 2.05) is 0 Å². The summed E-state index contributed by atoms with van der Waals surface area (Å²) in [6.07, 6.45) is -3.93. The summed E-state index contributed by atoms with van der Waals surface area (Å²) < 4.78 is 38.1. The molecule has 0 aliphatic carbocycles. The predicted molar refractivity (Wildman–Crippen MR) is 108 cm³/mol. The van der Waals surface area contributed by atoms with Crippen LogP contribution in [0, 0.1) is 6.92 Å². The smallest absolute Gasteiger partial charge is 0.416 e. The van der Waals surface area contributed by atoms with Crippen molar-refractivity contribution in [3.05, 3.63) is 68.1 Å². The summed E-state index contributed by atoms with van der Waals surface area (Å²) in [5.41, 5.74) is 0.923. The molecule has 0 saturated heterocycles. The number of phenols is 1. The molecular formula is C20H14Cl2F3NO2S. The summed E-state index contributed by atoms with van der Waals surface area (Å²) >= 11 is 13.1. The number of rotatable bonds is 5. The number of Topliss-reactive ketones (excluding diaryl/α,β-unsaturated/α-hetero) is 1. The SMILES string of the molecule is Cc1nc(-c2ccc(C(F)(F)F)cc2)sc1C(=O)CCc1ccc(O)c(Cl)c1Cl. The largest absolute Gasteiger partial charge is 0.506 e. The summed E-state index contributed by atoms with van der Waals surface area (Å²) in [5, 5.41) is 10.3. The lowest BCUT2D eigenvalue weighted by Gasteiger charge is -2.06. The van der Waals surface area contributed by atoms with Gasteiger partial charge >= 0.3 is 6.18 Å². The van der Waals surface area contributed by atoms with Crippen molar-refractivity contribution in [2.75, 3.05) is 0 Å². The molecule has 9 heteroatoms. The third kappa shape index (κ3) is 4.74. The van der Waals surface area contributed by atoms with Crippen molar-refractivity contribution in [2.45, 2.75) is 25.9 Å². The molecule has 0 spiro atoms. The van der Waals surface area contributed by atoms with Gasteiger partial charge in [-0.05, 0) is 37.1 Å². The van der Waals surface area contributed by atoms with Crippen molar-refractivity contribution in [1.29, 1.82) is 0 Å². The minimum absolute atomic E-state index is 0.0372. The van der Waals surface area contributed by atoms with Gasteiger partial charge in [0.2, 0.25) is 0 Å². The quantitative estimate of drug-likeness (QED) is 0.419. The number of phenolic OH excluding ortho intramolecular Hbond substituents is 1. The van der Waals surface area contributed by atoms with E-state index in [0.29, 0.717) is 33.1 Å². The van der Waals surface area contributed by atoms with Crippen molar-refractivity contribution >= 4 is 40.3 Å². The van der Waals surface area contributed by atoms with Crippen LogP contribution in [0.3, 0.4) is 0 Å². The summed E-state index contributed by atoms with van der Waals surface area (Å²) in [6, 6.07) is 7.67. The molecule has 0 unspecified atom stereocenters. The normalized spacial score (nSPS) is 11.7. The third-order valence-corrected chi connectivity index (χ3v) is 6.43. The maximum atomic E-state index is 12.7. The summed E-state index contributed by atoms with van der Waals surface area (Å²) in [6.45, 7) is 1.68. The van der Waals surface area contributed by atoms with E-state index in [0.717, 1.165) is 23.5 Å². The Bertz CT molecular complexity index is 1060. The summed E-state index contributed by atoms with van der Waals surface area (Å²) in [4.78, 5) is 17.4. The second-order valence-corrected chi connectivity index (χ2v) is 8.06. The van der Waals surface area contributed by atoms with Crippen LogP contribution in [0.5, 0.6) is 5.75 Å². The molecule has 1 aromatic heterocycles. The monoisotopic (exact) mass is 459 g/mol. The first-order valence-electron chi connectivity index (χ1n) is 8.42. The fourth-order valence-corrected chi connectivity index (χ4v) is 4.19. The highest BCUT2D eigenvalue weighted by molar-refractivity contribution is 7.17. The van der Waals surface area contributed by atoms with Crippen molar-refractivity contribution in [3.63, 3.8) is 0 Å². The van der Waals surface area contributed by atoms with Gasteiger partial charge in [-0.2, -0.15) is 13.2 Å². The first-order valence-corrected chi connectivity index (χ1v) is 9.99. The number of thiazole rings is 1. The lowest BCUT2D eigenvalue weighted by Crippen LogP contribution is -2.03. The number of nitrogens with zero attached hydrogens (tertiary/aromatic N) is 1. The number of aryl methyl sites for hydroxylation is 2. The number of benzene rings is 2. The topological polar surface area (TPSA) is 50.2 Å². The molecule has 29 heavy (non-hydrogen) atoms. The van der Waals surface area contributed by atoms with E-state index in [1.165, 1.54) is 18.2 Å². The van der Waals surface area contributed by atoms with Gasteiger partial charge in [0.15, 0.2) is 5.78 Å². The van der Waals surface area contributed by atoms with Crippen LogP contribution in [-0.2, 0) is 12.6 Å². The number of carbonyl (C=O) groups excluding carboxylic acids is 1. The van der Waals surface area contributed by atoms with E-state index in [-0.39, 0.29) is 28.0 Å². The number of alkyl halides is 3. The van der Waals surface area contributed by atoms with Crippen molar-refractivity contribution in [3.8, 4) is 16.3 Å². The molecule has 3 nitrogen and oxygen atoms in total. The van der Waals surface area contributed by atoms with Crippen LogP contribution in [0.2, 0.25) is 10.0 Å². The Morgan fingerprint density at radius 1 is 1.10 bits per heavy atom. The maximum absolute atomic E-state index is 12.7. The highest BCUT2D eigenvalue weighted by Gasteiger charge is 2.30. The van der Waals surface area contributed by atoms with Crippen molar-refractivity contribution in [2.24, 2.45) is 0 Å². The molecule has 3 rings (SSSR count). The van der Waals surface area contributed by atoms with Gasteiger partial charge in [0, 0.05) is 12.0 Å². The van der Waals surface area contributed by atoms with Gasteiger partial charge in [-0.1, -0.05) is 41.4 Å². The van der Waals surface area contributed by atoms with E-state index < -0.39 is 11.7 Å². The number of aromatic hydroxyl groups is 1. The van der Waals surface area contributed by atoms with E-state index in [2.05, 4.69) is 4.98 Å². The highest BCUT2D eigenvalue weighted by Crippen LogP contribution is 2.35. The van der Waals surface area contributed by atoms with Crippen LogP contribution in [0.4, 0.5) is 13.2 Å². The zero-order valence-corrected chi connectivity index (χ0v) is 17.3. The van der Waals surface area contributed by atoms with Gasteiger partial charge in [-0.25, -0.2) is 4.98 Å². The van der Waals surface area contributed by atoms with E-state index >= 15 is 0 Å². The van der Waals surface area contributed by atoms with Gasteiger partial charge in [0.25, 0.3) is 0 Å². The minimum atomic E-state index is -4.41. The Kier molecular flexibility index (Phi) is 6.22. The molecule has 0 saturated carbocycles. The molecule has 0 amide bonds. The number of carbonyl (C=O) groups is 1. The second-order valence-electron chi connectivity index (χ2n) is 6.30. The lowest BCUT2D eigenvalue weighted by molar-refractivity contribution is -0.137. The van der Waals surface area contributed by atoms with Crippen LogP contribution < -0.4 is 0 Å². The molecule has 1 heterocycles. The molecular weight excluding hydrogens is 446 g/mol. The maximum Gasteiger partial charge on any atom is 0.416 e. The molecule has 1 N–H and O–H groups in total. The van der Waals surface area contributed by atoms with Gasteiger partial charge < -0.3 is 5.11 Å². The molecule has 2 aromatic carbocycles. The van der Waals surface area contributed by atoms with Crippen LogP contribution in [0.25, 0.3) is 10.6 Å². The number of hydrogen-bond donors (Lipinski definition) is 1. The zero-order chi connectivity index (χ0) is 21.3. The predicted octanol–water partition coefficient (Wildman–Crippen LogP) is 6.97. The van der Waals surface area contributed by atoms with Crippen LogP contribution >= 0.6 is 34.5 Å². The molecule has 0 aliphatic rings. The second kappa shape index (κ2) is 8.34. The number of aromatic nitrogens is 1. The summed E-state index contributed by atoms with van der Waals surface area (Å²) in [7, 11) is 0. The Labute approximate surface area is 178 Å². The Balaban J connectivity index is 1.76. The standard InChI is InChI=1S/C20H14Cl2F3NO2S/c1-10-18(15(28)9-5-11-4-8-14(27)17(22)16(11)21)29-19(26-10)12-2-6-13(7-3-12)20(23,24)25/h2-4,6-8,27H,5,9H2,1H3. The lowest BCUT2D eigenvalue weighted by atomic mass is 10.1. The average molecular weight is 460 g/mol. The first-order chi connectivity index (χ1) is 13.6. The molecule has 3 aromatic rings. The Morgan fingerprint density at radius 3 is 2.38 bits per heavy atom. The average Bonchev–Trinajstić information content (AvgIpc) is 3.06. The number of ketones is 1. The van der Waals surface area contributed by atoms with E-state index in [4.69, 9.17) is 23.2 Å². The van der Waals surface area contributed by atoms with Crippen molar-refractivity contribution < 1.29 is 23.1 Å². The number of hydrogen-bond acceptors (Lipinski definition) is 4. The molecule has 152 valence electrons. The Hall–Kier alpha value is -2.09. The fraction of sp³-hybridized carbons (Fsp3) is 0.200. The molecule has 0 fully saturated rings. The third-order valence-electron chi connectivity index (χ3n) is 4.27. The zero-order valence-electron chi connectivity index (χ0n) is 15.0. The molecule has 0 radical (unpaired) electrons. The van der Waals surface area contributed by atoms with Gasteiger partial charge in [-0.3, -0.25) is 4.79 Å². The Morgan fingerprint density at radius 2 is 1.76 bits per heavy atom. The molecule has 0 bridgehead atoms. The molecule has 0 atom stereocenters. The van der Waals surface area contributed by atoms with E-state index in [1.54, 1.807) is 13.0 Å². The summed E-state index contributed by atoms with van der Waals surface area (Å²) in [5.74, 6) is -0.287. The van der Waals surface area contributed by atoms with Crippen molar-refractivity contribution in [1.82, 2.24) is 4.98 Å². The highest BCUT2D eigenvalue weighted by atomic mass is 35.5.